The first-order valence-electron chi connectivity index (χ1n) is 5.19. The molecule has 5 nitrogen and oxygen atoms in total. The highest BCUT2D eigenvalue weighted by Gasteiger charge is 2.15. The van der Waals surface area contributed by atoms with E-state index in [4.69, 9.17) is 9.47 Å². The maximum atomic E-state index is 11.4. The van der Waals surface area contributed by atoms with E-state index >= 15 is 0 Å². The minimum atomic E-state index is -0.568. The number of phenolic OH excluding ortho intramolecular Hbond substituents is 1. The highest BCUT2D eigenvalue weighted by atomic mass is 16.6. The van der Waals surface area contributed by atoms with E-state index in [-0.39, 0.29) is 17.0 Å². The van der Waals surface area contributed by atoms with Crippen molar-refractivity contribution in [2.45, 2.75) is 26.3 Å². The van der Waals surface area contributed by atoms with E-state index in [0.717, 1.165) is 0 Å². The second-order valence-corrected chi connectivity index (χ2v) is 4.60. The van der Waals surface area contributed by atoms with Gasteiger partial charge in [0.1, 0.15) is 5.75 Å². The van der Waals surface area contributed by atoms with Gasteiger partial charge < -0.3 is 19.9 Å². The lowest BCUT2D eigenvalue weighted by molar-refractivity contribution is 0.190. The van der Waals surface area contributed by atoms with Crippen molar-refractivity contribution in [2.24, 2.45) is 0 Å². The highest BCUT2D eigenvalue weighted by molar-refractivity contribution is 5.71. The molecule has 1 aromatic rings. The summed E-state index contributed by atoms with van der Waals surface area (Å²) >= 11 is 0. The number of carbonyl (C=O) groups is 1. The molecule has 0 aromatic heterocycles. The first-order valence-corrected chi connectivity index (χ1v) is 5.19. The van der Waals surface area contributed by atoms with Gasteiger partial charge in [0.25, 0.3) is 0 Å². The molecule has 2 N–H and O–H groups in total. The minimum Gasteiger partial charge on any atom is -0.504 e. The van der Waals surface area contributed by atoms with Crippen molar-refractivity contribution >= 4 is 6.09 Å². The van der Waals surface area contributed by atoms with Gasteiger partial charge in [-0.2, -0.15) is 0 Å². The van der Waals surface area contributed by atoms with Gasteiger partial charge in [0.2, 0.25) is 0 Å². The second kappa shape index (κ2) is 4.95. The number of methoxy groups -OCH3 is 1. The Morgan fingerprint density at radius 1 is 1.35 bits per heavy atom. The molecule has 1 rings (SSSR count). The van der Waals surface area contributed by atoms with Crippen molar-refractivity contribution in [3.63, 3.8) is 0 Å². The van der Waals surface area contributed by atoms with Gasteiger partial charge in [-0.25, -0.2) is 4.79 Å². The van der Waals surface area contributed by atoms with E-state index < -0.39 is 6.09 Å². The van der Waals surface area contributed by atoms with Crippen molar-refractivity contribution in [3.8, 4) is 17.2 Å². The third-order valence-electron chi connectivity index (χ3n) is 1.84. The zero-order chi connectivity index (χ0) is 13.1. The van der Waals surface area contributed by atoms with Crippen LogP contribution in [0.3, 0.4) is 0 Å². The molecule has 0 aliphatic carbocycles. The Morgan fingerprint density at radius 2 is 2.00 bits per heavy atom. The van der Waals surface area contributed by atoms with Crippen LogP contribution in [0.4, 0.5) is 4.79 Å². The molecular weight excluding hydrogens is 222 g/mol. The predicted octanol–water partition coefficient (Wildman–Crippen LogP) is 2.29. The molecule has 0 saturated carbocycles. The van der Waals surface area contributed by atoms with E-state index in [1.54, 1.807) is 6.07 Å². The molecule has 1 aromatic carbocycles. The van der Waals surface area contributed by atoms with Crippen molar-refractivity contribution in [1.29, 1.82) is 0 Å². The topological polar surface area (TPSA) is 67.8 Å². The monoisotopic (exact) mass is 239 g/mol. The van der Waals surface area contributed by atoms with Crippen LogP contribution in [0.5, 0.6) is 17.2 Å². The van der Waals surface area contributed by atoms with Crippen molar-refractivity contribution in [3.05, 3.63) is 18.2 Å². The lowest BCUT2D eigenvalue weighted by atomic mass is 10.1. The standard InChI is InChI=1S/C12H17NO4/c1-12(2,3)13-11(15)17-8-5-6-10(16-4)9(14)7-8/h5-7,14H,1-4H3,(H,13,15). The molecule has 0 aliphatic heterocycles. The number of hydrogen-bond acceptors (Lipinski definition) is 4. The number of ether oxygens (including phenoxy) is 2. The third kappa shape index (κ3) is 4.22. The SMILES string of the molecule is COc1ccc(OC(=O)NC(C)(C)C)cc1O. The summed E-state index contributed by atoms with van der Waals surface area (Å²) < 4.78 is 9.88. The van der Waals surface area contributed by atoms with Crippen LogP contribution in [0.2, 0.25) is 0 Å². The molecule has 0 aliphatic rings. The number of carbonyl (C=O) groups excluding carboxylic acids is 1. The van der Waals surface area contributed by atoms with Gasteiger partial charge in [0.15, 0.2) is 11.5 Å². The fraction of sp³-hybridized carbons (Fsp3) is 0.417. The molecule has 0 unspecified atom stereocenters. The molecule has 0 heterocycles. The van der Waals surface area contributed by atoms with Gasteiger partial charge in [-0.15, -0.1) is 0 Å². The average Bonchev–Trinajstić information content (AvgIpc) is 2.14. The summed E-state index contributed by atoms with van der Waals surface area (Å²) in [5, 5.41) is 12.1. The summed E-state index contributed by atoms with van der Waals surface area (Å²) in [6.07, 6.45) is -0.568. The number of phenols is 1. The third-order valence-corrected chi connectivity index (χ3v) is 1.84. The van der Waals surface area contributed by atoms with Crippen LogP contribution in [-0.2, 0) is 0 Å². The molecule has 1 amide bonds. The normalized spacial score (nSPS) is 10.8. The number of amides is 1. The van der Waals surface area contributed by atoms with Gasteiger partial charge in [0, 0.05) is 11.6 Å². The van der Waals surface area contributed by atoms with Crippen LogP contribution in [-0.4, -0.2) is 23.8 Å². The van der Waals surface area contributed by atoms with E-state index in [1.165, 1.54) is 19.2 Å². The van der Waals surface area contributed by atoms with E-state index in [2.05, 4.69) is 5.32 Å². The van der Waals surface area contributed by atoms with Crippen molar-refractivity contribution in [1.82, 2.24) is 5.32 Å². The fourth-order valence-corrected chi connectivity index (χ4v) is 1.17. The number of benzene rings is 1. The smallest absolute Gasteiger partial charge is 0.413 e. The molecule has 0 fully saturated rings. The fourth-order valence-electron chi connectivity index (χ4n) is 1.17. The zero-order valence-electron chi connectivity index (χ0n) is 10.4. The lowest BCUT2D eigenvalue weighted by Crippen LogP contribution is -2.42. The highest BCUT2D eigenvalue weighted by Crippen LogP contribution is 2.29. The summed E-state index contributed by atoms with van der Waals surface area (Å²) in [7, 11) is 1.45. The summed E-state index contributed by atoms with van der Waals surface area (Å²) in [4.78, 5) is 11.4. The second-order valence-electron chi connectivity index (χ2n) is 4.60. The number of aromatic hydroxyl groups is 1. The summed E-state index contributed by atoms with van der Waals surface area (Å²) in [5.41, 5.74) is -0.369. The molecule has 17 heavy (non-hydrogen) atoms. The Bertz CT molecular complexity index is 409. The molecule has 5 heteroatoms. The van der Waals surface area contributed by atoms with Crippen molar-refractivity contribution < 1.29 is 19.4 Å². The molecule has 0 radical (unpaired) electrons. The Morgan fingerprint density at radius 3 is 2.47 bits per heavy atom. The van der Waals surface area contributed by atoms with Gasteiger partial charge in [-0.3, -0.25) is 0 Å². The largest absolute Gasteiger partial charge is 0.504 e. The number of nitrogens with one attached hydrogen (secondary N) is 1. The van der Waals surface area contributed by atoms with Crippen LogP contribution < -0.4 is 14.8 Å². The van der Waals surface area contributed by atoms with E-state index in [0.29, 0.717) is 5.75 Å². The molecule has 0 saturated heterocycles. The van der Waals surface area contributed by atoms with E-state index in [1.807, 2.05) is 20.8 Å². The van der Waals surface area contributed by atoms with Gasteiger partial charge >= 0.3 is 6.09 Å². The number of hydrogen-bond donors (Lipinski definition) is 2. The minimum absolute atomic E-state index is 0.0754. The van der Waals surface area contributed by atoms with E-state index in [9.17, 15) is 9.90 Å². The van der Waals surface area contributed by atoms with Gasteiger partial charge in [-0.05, 0) is 32.9 Å². The predicted molar refractivity (Wildman–Crippen MR) is 63.6 cm³/mol. The Labute approximate surface area is 100 Å². The van der Waals surface area contributed by atoms with Crippen LogP contribution in [0.25, 0.3) is 0 Å². The summed E-state index contributed by atoms with van der Waals surface area (Å²) in [6, 6.07) is 4.39. The molecule has 0 atom stereocenters. The maximum Gasteiger partial charge on any atom is 0.413 e. The summed E-state index contributed by atoms with van der Waals surface area (Å²) in [6.45, 7) is 5.54. The zero-order valence-corrected chi connectivity index (χ0v) is 10.4. The van der Waals surface area contributed by atoms with Crippen LogP contribution >= 0.6 is 0 Å². The average molecular weight is 239 g/mol. The Kier molecular flexibility index (Phi) is 3.83. The molecule has 0 spiro atoms. The van der Waals surface area contributed by atoms with Crippen LogP contribution in [0.1, 0.15) is 20.8 Å². The quantitative estimate of drug-likeness (QED) is 0.830. The Hall–Kier alpha value is -1.91. The van der Waals surface area contributed by atoms with Crippen molar-refractivity contribution in [2.75, 3.05) is 7.11 Å². The summed E-state index contributed by atoms with van der Waals surface area (Å²) in [5.74, 6) is 0.507. The first-order chi connectivity index (χ1) is 7.81. The molecule has 0 bridgehead atoms. The van der Waals surface area contributed by atoms with Gasteiger partial charge in [-0.1, -0.05) is 0 Å². The van der Waals surface area contributed by atoms with Gasteiger partial charge in [0.05, 0.1) is 7.11 Å². The Balaban J connectivity index is 2.69. The van der Waals surface area contributed by atoms with Crippen LogP contribution in [0, 0.1) is 0 Å². The number of rotatable bonds is 2. The lowest BCUT2D eigenvalue weighted by Gasteiger charge is -2.19. The first kappa shape index (κ1) is 13.2. The molecular formula is C12H17NO4. The maximum absolute atomic E-state index is 11.4. The van der Waals surface area contributed by atoms with Crippen LogP contribution in [0.15, 0.2) is 18.2 Å². The molecule has 94 valence electrons.